The van der Waals surface area contributed by atoms with Gasteiger partial charge in [-0.15, -0.1) is 0 Å². The average Bonchev–Trinajstić information content (AvgIpc) is 2.81. The van der Waals surface area contributed by atoms with Crippen LogP contribution in [0.3, 0.4) is 0 Å². The van der Waals surface area contributed by atoms with Crippen molar-refractivity contribution in [3.05, 3.63) is 84.1 Å². The fourth-order valence-corrected chi connectivity index (χ4v) is 4.25. The summed E-state index contributed by atoms with van der Waals surface area (Å²) in [5, 5.41) is 3.14. The van der Waals surface area contributed by atoms with Gasteiger partial charge in [0.2, 0.25) is 0 Å². The Hall–Kier alpha value is -3.38. The van der Waals surface area contributed by atoms with Crippen LogP contribution < -0.4 is 24.8 Å². The van der Waals surface area contributed by atoms with Crippen LogP contribution >= 0.6 is 0 Å². The second-order valence-electron chi connectivity index (χ2n) is 7.93. The van der Waals surface area contributed by atoms with E-state index in [0.717, 1.165) is 43.1 Å². The van der Waals surface area contributed by atoms with Gasteiger partial charge in [0.1, 0.15) is 31.9 Å². The Bertz CT molecular complexity index is 1000. The van der Waals surface area contributed by atoms with E-state index in [-0.39, 0.29) is 11.9 Å². The molecule has 2 aromatic carbocycles. The van der Waals surface area contributed by atoms with Gasteiger partial charge in [-0.05, 0) is 30.7 Å². The van der Waals surface area contributed by atoms with Crippen molar-refractivity contribution in [3.8, 4) is 5.75 Å². The summed E-state index contributed by atoms with van der Waals surface area (Å²) in [7, 11) is 1.63. The Morgan fingerprint density at radius 2 is 1.81 bits per heavy atom. The number of pyridine rings is 1. The van der Waals surface area contributed by atoms with Crippen molar-refractivity contribution in [3.63, 3.8) is 0 Å². The molecule has 0 aliphatic carbocycles. The molecular formula is C25H30N4O2+2. The molecule has 31 heavy (non-hydrogen) atoms. The summed E-state index contributed by atoms with van der Waals surface area (Å²) in [6, 6.07) is 21.7. The molecule has 6 nitrogen and oxygen atoms in total. The molecule has 0 spiro atoms. The first-order valence-corrected chi connectivity index (χ1v) is 10.7. The average molecular weight is 419 g/mol. The highest BCUT2D eigenvalue weighted by Crippen LogP contribution is 2.26. The number of amides is 1. The number of hydrogen-bond donors (Lipinski definition) is 2. The summed E-state index contributed by atoms with van der Waals surface area (Å²) in [4.78, 5) is 20.5. The molecule has 1 atom stereocenters. The number of nitrogens with zero attached hydrogens (tertiary/aromatic N) is 1. The third-order valence-corrected chi connectivity index (χ3v) is 5.86. The molecule has 1 fully saturated rings. The SMILES string of the molecule is COc1ccc(C)cc1NC(=O)[C@@H](c1ccccc1)[NH+]1CCN(c2cccc[nH+]2)CC1. The van der Waals surface area contributed by atoms with E-state index >= 15 is 0 Å². The Kier molecular flexibility index (Phi) is 6.48. The second kappa shape index (κ2) is 9.62. The number of carbonyl (C=O) groups is 1. The molecule has 1 saturated heterocycles. The molecule has 4 rings (SSSR count). The van der Waals surface area contributed by atoms with Crippen molar-refractivity contribution < 1.29 is 19.4 Å². The maximum Gasteiger partial charge on any atom is 0.287 e. The molecule has 160 valence electrons. The van der Waals surface area contributed by atoms with Gasteiger partial charge >= 0.3 is 0 Å². The van der Waals surface area contributed by atoms with Crippen molar-refractivity contribution in [2.24, 2.45) is 0 Å². The zero-order valence-electron chi connectivity index (χ0n) is 18.1. The van der Waals surface area contributed by atoms with Crippen molar-refractivity contribution in [2.45, 2.75) is 13.0 Å². The van der Waals surface area contributed by atoms with E-state index in [1.807, 2.05) is 73.8 Å². The lowest BCUT2D eigenvalue weighted by Crippen LogP contribution is -3.16. The van der Waals surface area contributed by atoms with Gasteiger partial charge in [-0.1, -0.05) is 42.5 Å². The van der Waals surface area contributed by atoms with Crippen molar-refractivity contribution in [1.29, 1.82) is 0 Å². The highest BCUT2D eigenvalue weighted by Gasteiger charge is 2.36. The predicted octanol–water partition coefficient (Wildman–Crippen LogP) is 1.90. The lowest BCUT2D eigenvalue weighted by Gasteiger charge is -2.33. The molecule has 6 heteroatoms. The third-order valence-electron chi connectivity index (χ3n) is 5.86. The van der Waals surface area contributed by atoms with E-state index < -0.39 is 0 Å². The Morgan fingerprint density at radius 3 is 2.48 bits per heavy atom. The number of methoxy groups -OCH3 is 1. The molecule has 1 aromatic heterocycles. The maximum absolute atomic E-state index is 13.5. The normalized spacial score (nSPS) is 15.4. The molecule has 0 radical (unpaired) electrons. The molecule has 1 aliphatic heterocycles. The number of aromatic nitrogens is 1. The molecule has 0 bridgehead atoms. The largest absolute Gasteiger partial charge is 0.495 e. The topological polar surface area (TPSA) is 60.1 Å². The number of anilines is 2. The van der Waals surface area contributed by atoms with Crippen molar-refractivity contribution in [1.82, 2.24) is 0 Å². The summed E-state index contributed by atoms with van der Waals surface area (Å²) in [6.45, 7) is 5.54. The van der Waals surface area contributed by atoms with Gasteiger partial charge in [0.25, 0.3) is 11.7 Å². The number of H-pyrrole nitrogens is 1. The molecule has 3 aromatic rings. The summed E-state index contributed by atoms with van der Waals surface area (Å²) in [6.07, 6.45) is 1.95. The second-order valence-corrected chi connectivity index (χ2v) is 7.93. The quantitative estimate of drug-likeness (QED) is 0.643. The van der Waals surface area contributed by atoms with E-state index in [1.165, 1.54) is 4.90 Å². The molecular weight excluding hydrogens is 388 g/mol. The van der Waals surface area contributed by atoms with E-state index in [2.05, 4.69) is 21.3 Å². The Balaban J connectivity index is 1.55. The zero-order chi connectivity index (χ0) is 21.6. The summed E-state index contributed by atoms with van der Waals surface area (Å²) in [5.74, 6) is 1.78. The Labute approximate surface area is 183 Å². The van der Waals surface area contributed by atoms with Crippen LogP contribution in [0.15, 0.2) is 72.9 Å². The number of piperazine rings is 1. The molecule has 0 saturated carbocycles. The molecule has 0 unspecified atom stereocenters. The molecule has 3 N–H and O–H groups in total. The van der Waals surface area contributed by atoms with E-state index in [0.29, 0.717) is 11.4 Å². The van der Waals surface area contributed by atoms with Crippen LogP contribution in [-0.4, -0.2) is 39.2 Å². The minimum Gasteiger partial charge on any atom is -0.495 e. The highest BCUT2D eigenvalue weighted by molar-refractivity contribution is 5.96. The number of nitrogens with one attached hydrogen (secondary N) is 3. The number of rotatable bonds is 6. The maximum atomic E-state index is 13.5. The minimum absolute atomic E-state index is 0.00942. The fraction of sp³-hybridized carbons (Fsp3) is 0.280. The van der Waals surface area contributed by atoms with Gasteiger partial charge in [0.05, 0.1) is 19.0 Å². The standard InChI is InChI=1S/C25H28N4O2/c1-19-11-12-22(31-2)21(18-19)27-25(30)24(20-8-4-3-5-9-20)29-16-14-28(15-17-29)23-10-6-7-13-26-23/h3-13,18,24H,14-17H2,1-2H3,(H,27,30)/p+2/t24-/m1/s1. The number of hydrogen-bond acceptors (Lipinski definition) is 3. The van der Waals surface area contributed by atoms with Crippen LogP contribution in [0.5, 0.6) is 5.75 Å². The number of quaternary nitrogens is 1. The predicted molar refractivity (Wildman–Crippen MR) is 121 cm³/mol. The van der Waals surface area contributed by atoms with Crippen LogP contribution in [-0.2, 0) is 4.79 Å². The van der Waals surface area contributed by atoms with Crippen LogP contribution in [0.2, 0.25) is 0 Å². The fourth-order valence-electron chi connectivity index (χ4n) is 4.25. The Morgan fingerprint density at radius 1 is 1.06 bits per heavy atom. The van der Waals surface area contributed by atoms with Crippen LogP contribution in [0.4, 0.5) is 11.5 Å². The van der Waals surface area contributed by atoms with Gasteiger partial charge < -0.3 is 15.0 Å². The van der Waals surface area contributed by atoms with E-state index in [4.69, 9.17) is 4.74 Å². The first-order chi connectivity index (χ1) is 15.2. The van der Waals surface area contributed by atoms with Gasteiger partial charge in [-0.25, -0.2) is 4.98 Å². The number of carbonyl (C=O) groups excluding carboxylic acids is 1. The lowest BCUT2D eigenvalue weighted by atomic mass is 10.0. The smallest absolute Gasteiger partial charge is 0.287 e. The van der Waals surface area contributed by atoms with Gasteiger partial charge in [-0.3, -0.25) is 9.69 Å². The number of aryl methyl sites for hydroxylation is 1. The monoisotopic (exact) mass is 418 g/mol. The van der Waals surface area contributed by atoms with E-state index in [9.17, 15) is 4.79 Å². The van der Waals surface area contributed by atoms with Gasteiger partial charge in [0, 0.05) is 11.6 Å². The molecule has 1 aliphatic rings. The van der Waals surface area contributed by atoms with Gasteiger partial charge in [-0.2, -0.15) is 0 Å². The number of ether oxygens (including phenoxy) is 1. The lowest BCUT2D eigenvalue weighted by molar-refractivity contribution is -0.922. The summed E-state index contributed by atoms with van der Waals surface area (Å²) < 4.78 is 5.46. The van der Waals surface area contributed by atoms with Gasteiger partial charge in [0.15, 0.2) is 6.04 Å². The first-order valence-electron chi connectivity index (χ1n) is 10.7. The highest BCUT2D eigenvalue weighted by atomic mass is 16.5. The van der Waals surface area contributed by atoms with Crippen LogP contribution in [0.25, 0.3) is 0 Å². The minimum atomic E-state index is -0.284. The first kappa shape index (κ1) is 20.9. The van der Waals surface area contributed by atoms with E-state index in [1.54, 1.807) is 7.11 Å². The van der Waals surface area contributed by atoms with Crippen LogP contribution in [0.1, 0.15) is 17.2 Å². The summed E-state index contributed by atoms with van der Waals surface area (Å²) >= 11 is 0. The van der Waals surface area contributed by atoms with Crippen LogP contribution in [0, 0.1) is 6.92 Å². The molecule has 1 amide bonds. The zero-order valence-corrected chi connectivity index (χ0v) is 18.1. The van der Waals surface area contributed by atoms with Crippen molar-refractivity contribution >= 4 is 17.4 Å². The number of aromatic amines is 1. The number of benzene rings is 2. The molecule has 2 heterocycles. The third kappa shape index (κ3) is 4.86. The summed E-state index contributed by atoms with van der Waals surface area (Å²) in [5.41, 5.74) is 2.82. The van der Waals surface area contributed by atoms with Crippen molar-refractivity contribution in [2.75, 3.05) is 43.5 Å².